The molecule has 2 rings (SSSR count). The number of nitrogens with zero attached hydrogens (tertiary/aromatic N) is 1. The minimum absolute atomic E-state index is 0.877. The minimum Gasteiger partial charge on any atom is -0.384 e. The van der Waals surface area contributed by atoms with E-state index in [4.69, 9.17) is 0 Å². The molecule has 0 atom stereocenters. The molecule has 1 aromatic carbocycles. The maximum Gasteiger partial charge on any atom is 0.0341 e. The summed E-state index contributed by atoms with van der Waals surface area (Å²) in [6.45, 7) is 5.71. The third kappa shape index (κ3) is 4.32. The van der Waals surface area contributed by atoms with Crippen molar-refractivity contribution >= 4 is 21.6 Å². The van der Waals surface area contributed by atoms with Crippen LogP contribution >= 0.6 is 15.9 Å². The number of anilines is 1. The third-order valence-electron chi connectivity index (χ3n) is 3.15. The van der Waals surface area contributed by atoms with Gasteiger partial charge in [-0.3, -0.25) is 4.90 Å². The Morgan fingerprint density at radius 1 is 1.24 bits per heavy atom. The average Bonchev–Trinajstić information content (AvgIpc) is 3.15. The largest absolute Gasteiger partial charge is 0.384 e. The van der Waals surface area contributed by atoms with Crippen molar-refractivity contribution in [2.45, 2.75) is 32.2 Å². The molecule has 0 heterocycles. The lowest BCUT2D eigenvalue weighted by Crippen LogP contribution is -2.31. The quantitative estimate of drug-likeness (QED) is 0.825. The molecule has 1 saturated carbocycles. The molecule has 0 spiro atoms. The van der Waals surface area contributed by atoms with Crippen LogP contribution in [-0.4, -0.2) is 30.6 Å². The summed E-state index contributed by atoms with van der Waals surface area (Å²) in [4.78, 5) is 2.62. The molecule has 0 aliphatic heterocycles. The van der Waals surface area contributed by atoms with Crippen LogP contribution in [-0.2, 0) is 0 Å². The lowest BCUT2D eigenvalue weighted by molar-refractivity contribution is 0.274. The van der Waals surface area contributed by atoms with Gasteiger partial charge in [-0.2, -0.15) is 0 Å². The first-order chi connectivity index (χ1) is 8.29. The molecular formula is C14H21BrN2. The second kappa shape index (κ2) is 6.41. The van der Waals surface area contributed by atoms with Crippen LogP contribution < -0.4 is 5.32 Å². The Bertz CT molecular complexity index is 333. The maximum absolute atomic E-state index is 3.48. The van der Waals surface area contributed by atoms with Crippen LogP contribution in [0, 0.1) is 0 Å². The van der Waals surface area contributed by atoms with E-state index in [-0.39, 0.29) is 0 Å². The van der Waals surface area contributed by atoms with Gasteiger partial charge in [-0.1, -0.05) is 22.9 Å². The van der Waals surface area contributed by atoms with Crippen molar-refractivity contribution in [3.63, 3.8) is 0 Å². The van der Waals surface area contributed by atoms with E-state index in [1.54, 1.807) is 0 Å². The second-order valence-electron chi connectivity index (χ2n) is 4.70. The Morgan fingerprint density at radius 3 is 2.53 bits per heavy atom. The fraction of sp³-hybridized carbons (Fsp3) is 0.571. The molecule has 17 heavy (non-hydrogen) atoms. The molecule has 1 fully saturated rings. The number of nitrogens with one attached hydrogen (secondary N) is 1. The van der Waals surface area contributed by atoms with Gasteiger partial charge in [0.25, 0.3) is 0 Å². The molecule has 0 aromatic heterocycles. The van der Waals surface area contributed by atoms with Gasteiger partial charge < -0.3 is 5.32 Å². The summed E-state index contributed by atoms with van der Waals surface area (Å²) in [5.41, 5.74) is 1.21. The number of hydrogen-bond acceptors (Lipinski definition) is 2. The van der Waals surface area contributed by atoms with Crippen molar-refractivity contribution in [3.05, 3.63) is 28.7 Å². The summed E-state index contributed by atoms with van der Waals surface area (Å²) in [6.07, 6.45) is 4.06. The number of rotatable bonds is 7. The molecule has 1 aromatic rings. The lowest BCUT2D eigenvalue weighted by atomic mass is 10.3. The predicted octanol–water partition coefficient (Wildman–Crippen LogP) is 3.74. The molecule has 0 saturated heterocycles. The zero-order chi connectivity index (χ0) is 12.1. The van der Waals surface area contributed by atoms with Gasteiger partial charge in [0, 0.05) is 29.3 Å². The van der Waals surface area contributed by atoms with Gasteiger partial charge in [0.05, 0.1) is 0 Å². The van der Waals surface area contributed by atoms with Crippen molar-refractivity contribution in [2.75, 3.05) is 25.0 Å². The monoisotopic (exact) mass is 296 g/mol. The first-order valence-corrected chi connectivity index (χ1v) is 7.32. The molecule has 1 N–H and O–H groups in total. The van der Waals surface area contributed by atoms with Gasteiger partial charge in [0.2, 0.25) is 0 Å². The van der Waals surface area contributed by atoms with E-state index < -0.39 is 0 Å². The van der Waals surface area contributed by atoms with E-state index in [9.17, 15) is 0 Å². The highest BCUT2D eigenvalue weighted by Crippen LogP contribution is 2.26. The summed E-state index contributed by atoms with van der Waals surface area (Å²) in [5, 5.41) is 3.48. The van der Waals surface area contributed by atoms with Gasteiger partial charge in [-0.05, 0) is 50.1 Å². The zero-order valence-electron chi connectivity index (χ0n) is 10.5. The summed E-state index contributed by atoms with van der Waals surface area (Å²) in [7, 11) is 0. The van der Waals surface area contributed by atoms with E-state index in [0.29, 0.717) is 0 Å². The summed E-state index contributed by atoms with van der Waals surface area (Å²) in [5.74, 6) is 0. The van der Waals surface area contributed by atoms with Crippen LogP contribution in [0.4, 0.5) is 5.69 Å². The van der Waals surface area contributed by atoms with Crippen molar-refractivity contribution < 1.29 is 0 Å². The van der Waals surface area contributed by atoms with Crippen LogP contribution in [0.25, 0.3) is 0 Å². The topological polar surface area (TPSA) is 15.3 Å². The molecule has 0 amide bonds. The highest BCUT2D eigenvalue weighted by atomic mass is 79.9. The summed E-state index contributed by atoms with van der Waals surface area (Å²) >= 11 is 3.45. The fourth-order valence-corrected chi connectivity index (χ4v) is 2.38. The Labute approximate surface area is 113 Å². The van der Waals surface area contributed by atoms with Crippen LogP contribution in [0.15, 0.2) is 28.7 Å². The van der Waals surface area contributed by atoms with Crippen LogP contribution in [0.1, 0.15) is 26.2 Å². The van der Waals surface area contributed by atoms with Gasteiger partial charge in [0.15, 0.2) is 0 Å². The standard InChI is InChI=1S/C14H21BrN2/c1-2-10-17(14-7-8-14)11-9-16-13-5-3-12(15)4-6-13/h3-6,14,16H,2,7-11H2,1H3. The number of halogens is 1. The van der Waals surface area contributed by atoms with E-state index in [2.05, 4.69) is 57.3 Å². The molecule has 1 aliphatic carbocycles. The van der Waals surface area contributed by atoms with Crippen molar-refractivity contribution in [3.8, 4) is 0 Å². The van der Waals surface area contributed by atoms with E-state index in [1.165, 1.54) is 31.5 Å². The van der Waals surface area contributed by atoms with Crippen LogP contribution in [0.3, 0.4) is 0 Å². The zero-order valence-corrected chi connectivity index (χ0v) is 12.0. The van der Waals surface area contributed by atoms with Crippen molar-refractivity contribution in [1.29, 1.82) is 0 Å². The highest BCUT2D eigenvalue weighted by molar-refractivity contribution is 9.10. The summed E-state index contributed by atoms with van der Waals surface area (Å²) < 4.78 is 1.13. The van der Waals surface area contributed by atoms with Gasteiger partial charge in [-0.15, -0.1) is 0 Å². The fourth-order valence-electron chi connectivity index (χ4n) is 2.12. The first-order valence-electron chi connectivity index (χ1n) is 6.53. The molecule has 0 bridgehead atoms. The molecule has 0 unspecified atom stereocenters. The lowest BCUT2D eigenvalue weighted by Gasteiger charge is -2.21. The Morgan fingerprint density at radius 2 is 1.94 bits per heavy atom. The summed E-state index contributed by atoms with van der Waals surface area (Å²) in [6, 6.07) is 9.26. The molecule has 94 valence electrons. The Hall–Kier alpha value is -0.540. The van der Waals surface area contributed by atoms with Crippen molar-refractivity contribution in [1.82, 2.24) is 4.90 Å². The smallest absolute Gasteiger partial charge is 0.0341 e. The van der Waals surface area contributed by atoms with Crippen molar-refractivity contribution in [2.24, 2.45) is 0 Å². The van der Waals surface area contributed by atoms with Gasteiger partial charge in [-0.25, -0.2) is 0 Å². The maximum atomic E-state index is 3.48. The number of hydrogen-bond donors (Lipinski definition) is 1. The highest BCUT2D eigenvalue weighted by Gasteiger charge is 2.27. The Kier molecular flexibility index (Phi) is 4.86. The average molecular weight is 297 g/mol. The predicted molar refractivity (Wildman–Crippen MR) is 77.5 cm³/mol. The SMILES string of the molecule is CCCN(CCNc1ccc(Br)cc1)C1CC1. The minimum atomic E-state index is 0.877. The molecule has 2 nitrogen and oxygen atoms in total. The van der Waals surface area contributed by atoms with E-state index >= 15 is 0 Å². The van der Waals surface area contributed by atoms with Crippen LogP contribution in [0.5, 0.6) is 0 Å². The van der Waals surface area contributed by atoms with E-state index in [0.717, 1.165) is 23.6 Å². The molecule has 1 aliphatic rings. The third-order valence-corrected chi connectivity index (χ3v) is 3.68. The van der Waals surface area contributed by atoms with Crippen LogP contribution in [0.2, 0.25) is 0 Å². The second-order valence-corrected chi connectivity index (χ2v) is 5.62. The van der Waals surface area contributed by atoms with Gasteiger partial charge in [0.1, 0.15) is 0 Å². The molecule has 0 radical (unpaired) electrons. The number of benzene rings is 1. The normalized spacial score (nSPS) is 15.2. The molecular weight excluding hydrogens is 276 g/mol. The van der Waals surface area contributed by atoms with Gasteiger partial charge >= 0.3 is 0 Å². The van der Waals surface area contributed by atoms with E-state index in [1.807, 2.05) is 0 Å². The Balaban J connectivity index is 1.72. The molecule has 3 heteroatoms. The first kappa shape index (κ1) is 12.9.